The summed E-state index contributed by atoms with van der Waals surface area (Å²) in [5.41, 5.74) is 0.463. The van der Waals surface area contributed by atoms with E-state index in [4.69, 9.17) is 0 Å². The molecule has 0 radical (unpaired) electrons. The number of imide groups is 2. The van der Waals surface area contributed by atoms with E-state index in [1.54, 1.807) is 37.3 Å². The summed E-state index contributed by atoms with van der Waals surface area (Å²) in [6.07, 6.45) is 0.997. The number of carbonyl (C=O) groups is 4. The molecule has 0 aliphatic carbocycles. The van der Waals surface area contributed by atoms with Crippen LogP contribution in [0.4, 0.5) is 15.3 Å². The zero-order valence-electron chi connectivity index (χ0n) is 16.0. The number of benzene rings is 2. The maximum Gasteiger partial charge on any atom is 0.325 e. The zero-order chi connectivity index (χ0) is 20.9. The first-order chi connectivity index (χ1) is 13.9. The van der Waals surface area contributed by atoms with Crippen LogP contribution in [0, 0.1) is 0 Å². The Balaban J connectivity index is 1.55. The topological polar surface area (TPSA) is 108 Å². The van der Waals surface area contributed by atoms with Gasteiger partial charge in [-0.2, -0.15) is 0 Å². The van der Waals surface area contributed by atoms with Crippen molar-refractivity contribution >= 4 is 29.6 Å². The number of urea groups is 2. The minimum absolute atomic E-state index is 0.397. The molecule has 29 heavy (non-hydrogen) atoms. The van der Waals surface area contributed by atoms with Crippen LogP contribution >= 0.6 is 0 Å². The van der Waals surface area contributed by atoms with Crippen molar-refractivity contribution < 1.29 is 19.2 Å². The van der Waals surface area contributed by atoms with Gasteiger partial charge in [0.25, 0.3) is 5.91 Å². The molecule has 0 spiro atoms. The van der Waals surface area contributed by atoms with Crippen molar-refractivity contribution in [2.45, 2.75) is 25.3 Å². The number of rotatable bonds is 6. The molecule has 3 N–H and O–H groups in total. The maximum absolute atomic E-state index is 12.7. The summed E-state index contributed by atoms with van der Waals surface area (Å²) in [5.74, 6) is -1.24. The van der Waals surface area contributed by atoms with Crippen molar-refractivity contribution in [1.29, 1.82) is 0 Å². The zero-order valence-corrected chi connectivity index (χ0v) is 16.0. The summed E-state index contributed by atoms with van der Waals surface area (Å²) in [5, 5.41) is 7.27. The molecule has 150 valence electrons. The van der Waals surface area contributed by atoms with E-state index < -0.39 is 36.0 Å². The lowest BCUT2D eigenvalue weighted by atomic mass is 9.93. The quantitative estimate of drug-likeness (QED) is 0.653. The number of amides is 6. The number of aryl methyl sites for hydroxylation is 1. The summed E-state index contributed by atoms with van der Waals surface area (Å²) in [6.45, 7) is 1.10. The monoisotopic (exact) mass is 394 g/mol. The average molecular weight is 394 g/mol. The minimum atomic E-state index is -1.10. The van der Waals surface area contributed by atoms with Crippen LogP contribution in [0.2, 0.25) is 0 Å². The Labute approximate surface area is 168 Å². The number of para-hydroxylation sites is 1. The van der Waals surface area contributed by atoms with Crippen LogP contribution in [0.3, 0.4) is 0 Å². The molecule has 1 fully saturated rings. The van der Waals surface area contributed by atoms with Crippen LogP contribution in [0.5, 0.6) is 0 Å². The van der Waals surface area contributed by atoms with Gasteiger partial charge < -0.3 is 10.6 Å². The molecular formula is C21H22N4O4. The van der Waals surface area contributed by atoms with E-state index >= 15 is 0 Å². The first-order valence-corrected chi connectivity index (χ1v) is 9.21. The predicted octanol–water partition coefficient (Wildman–Crippen LogP) is 2.28. The number of nitrogens with zero attached hydrogens (tertiary/aromatic N) is 1. The molecule has 3 rings (SSSR count). The highest BCUT2D eigenvalue weighted by molar-refractivity contribution is 6.10. The van der Waals surface area contributed by atoms with Gasteiger partial charge in [-0.3, -0.25) is 19.8 Å². The Morgan fingerprint density at radius 2 is 1.62 bits per heavy atom. The van der Waals surface area contributed by atoms with Gasteiger partial charge in [0.2, 0.25) is 5.91 Å². The Bertz CT molecular complexity index is 917. The largest absolute Gasteiger partial charge is 0.325 e. The third-order valence-electron chi connectivity index (χ3n) is 4.69. The summed E-state index contributed by atoms with van der Waals surface area (Å²) in [7, 11) is 0. The molecule has 0 unspecified atom stereocenters. The van der Waals surface area contributed by atoms with E-state index in [0.717, 1.165) is 10.5 Å². The van der Waals surface area contributed by atoms with Crippen LogP contribution < -0.4 is 16.0 Å². The van der Waals surface area contributed by atoms with E-state index in [1.165, 1.54) is 0 Å². The second-order valence-corrected chi connectivity index (χ2v) is 7.01. The summed E-state index contributed by atoms with van der Waals surface area (Å²) in [6, 6.07) is 16.8. The second kappa shape index (κ2) is 8.55. The summed E-state index contributed by atoms with van der Waals surface area (Å²) >= 11 is 0. The van der Waals surface area contributed by atoms with Gasteiger partial charge >= 0.3 is 12.1 Å². The van der Waals surface area contributed by atoms with Gasteiger partial charge in [-0.15, -0.1) is 0 Å². The number of anilines is 1. The molecule has 6 amide bonds. The third-order valence-corrected chi connectivity index (χ3v) is 4.69. The van der Waals surface area contributed by atoms with Gasteiger partial charge in [-0.25, -0.2) is 9.59 Å². The van der Waals surface area contributed by atoms with Gasteiger partial charge in [0.15, 0.2) is 0 Å². The van der Waals surface area contributed by atoms with Crippen LogP contribution in [0.25, 0.3) is 0 Å². The molecule has 0 bridgehead atoms. The predicted molar refractivity (Wildman–Crippen MR) is 107 cm³/mol. The van der Waals surface area contributed by atoms with Crippen LogP contribution in [0.15, 0.2) is 60.7 Å². The Hall–Kier alpha value is -3.68. The number of carbonyl (C=O) groups excluding carboxylic acids is 4. The standard InChI is InChI=1S/C21H22N4O4/c1-21(13-12-15-8-4-2-5-9-15)18(27)25(20(29)24-21)14-17(26)23-19(28)22-16-10-6-3-7-11-16/h2-11H,12-14H2,1H3,(H,24,29)(H2,22,23,26,28)/t21-/m0/s1. The van der Waals surface area contributed by atoms with Crippen molar-refractivity contribution in [2.24, 2.45) is 0 Å². The number of nitrogens with one attached hydrogen (secondary N) is 3. The Morgan fingerprint density at radius 3 is 2.28 bits per heavy atom. The lowest BCUT2D eigenvalue weighted by Gasteiger charge is -2.21. The highest BCUT2D eigenvalue weighted by Crippen LogP contribution is 2.23. The van der Waals surface area contributed by atoms with E-state index in [0.29, 0.717) is 18.5 Å². The fourth-order valence-electron chi connectivity index (χ4n) is 3.09. The van der Waals surface area contributed by atoms with Crippen molar-refractivity contribution in [1.82, 2.24) is 15.5 Å². The average Bonchev–Trinajstić information content (AvgIpc) is 2.91. The highest BCUT2D eigenvalue weighted by Gasteiger charge is 2.47. The second-order valence-electron chi connectivity index (χ2n) is 7.01. The van der Waals surface area contributed by atoms with Gasteiger partial charge in [0, 0.05) is 5.69 Å². The molecule has 8 nitrogen and oxygen atoms in total. The van der Waals surface area contributed by atoms with Crippen molar-refractivity contribution in [3.8, 4) is 0 Å². The van der Waals surface area contributed by atoms with Crippen molar-refractivity contribution in [3.05, 3.63) is 66.2 Å². The molecule has 0 saturated carbocycles. The number of hydrogen-bond acceptors (Lipinski definition) is 4. The molecule has 1 aliphatic rings. The number of hydrogen-bond donors (Lipinski definition) is 3. The first kappa shape index (κ1) is 20.1. The molecule has 2 aromatic rings. The van der Waals surface area contributed by atoms with Crippen molar-refractivity contribution in [3.63, 3.8) is 0 Å². The molecule has 8 heteroatoms. The molecule has 1 saturated heterocycles. The normalized spacial score (nSPS) is 18.3. The molecule has 1 aliphatic heterocycles. The van der Waals surface area contributed by atoms with E-state index in [9.17, 15) is 19.2 Å². The minimum Gasteiger partial charge on any atom is -0.323 e. The van der Waals surface area contributed by atoms with Gasteiger partial charge in [-0.1, -0.05) is 48.5 Å². The van der Waals surface area contributed by atoms with Crippen LogP contribution in [0.1, 0.15) is 18.9 Å². The fraction of sp³-hybridized carbons (Fsp3) is 0.238. The molecule has 2 aromatic carbocycles. The van der Waals surface area contributed by atoms with E-state index in [1.807, 2.05) is 30.3 Å². The lowest BCUT2D eigenvalue weighted by Crippen LogP contribution is -2.46. The van der Waals surface area contributed by atoms with Gasteiger partial charge in [0.05, 0.1) is 0 Å². The Kier molecular flexibility index (Phi) is 5.92. The molecular weight excluding hydrogens is 372 g/mol. The Morgan fingerprint density at radius 1 is 1.00 bits per heavy atom. The maximum atomic E-state index is 12.7. The third kappa shape index (κ3) is 4.98. The summed E-state index contributed by atoms with van der Waals surface area (Å²) in [4.78, 5) is 49.8. The highest BCUT2D eigenvalue weighted by atomic mass is 16.2. The molecule has 0 aromatic heterocycles. The smallest absolute Gasteiger partial charge is 0.323 e. The van der Waals surface area contributed by atoms with Gasteiger partial charge in [0.1, 0.15) is 12.1 Å². The fourth-order valence-corrected chi connectivity index (χ4v) is 3.09. The lowest BCUT2D eigenvalue weighted by molar-refractivity contribution is -0.134. The first-order valence-electron chi connectivity index (χ1n) is 9.21. The SMILES string of the molecule is C[C@@]1(CCc2ccccc2)NC(=O)N(CC(=O)NC(=O)Nc2ccccc2)C1=O. The van der Waals surface area contributed by atoms with Crippen LogP contribution in [-0.2, 0) is 16.0 Å². The molecule has 1 heterocycles. The summed E-state index contributed by atoms with van der Waals surface area (Å²) < 4.78 is 0. The van der Waals surface area contributed by atoms with E-state index in [2.05, 4.69) is 16.0 Å². The van der Waals surface area contributed by atoms with E-state index in [-0.39, 0.29) is 0 Å². The van der Waals surface area contributed by atoms with Crippen molar-refractivity contribution in [2.75, 3.05) is 11.9 Å². The molecule has 1 atom stereocenters. The van der Waals surface area contributed by atoms with Crippen LogP contribution in [-0.4, -0.2) is 40.9 Å². The van der Waals surface area contributed by atoms with Gasteiger partial charge in [-0.05, 0) is 37.5 Å².